The molecule has 1 fully saturated rings. The molecule has 9 heavy (non-hydrogen) atoms. The van der Waals surface area contributed by atoms with Crippen LogP contribution in [0.5, 0.6) is 0 Å². The SMILES string of the molecule is CN[C@@H]1CCCCC1=O. The summed E-state index contributed by atoms with van der Waals surface area (Å²) in [6, 6.07) is 0.166. The minimum Gasteiger partial charge on any atom is -0.311 e. The highest BCUT2D eigenvalue weighted by atomic mass is 16.1. The van der Waals surface area contributed by atoms with Gasteiger partial charge >= 0.3 is 0 Å². The largest absolute Gasteiger partial charge is 0.311 e. The van der Waals surface area contributed by atoms with Crippen LogP contribution in [0.4, 0.5) is 0 Å². The molecular weight excluding hydrogens is 114 g/mol. The summed E-state index contributed by atoms with van der Waals surface area (Å²) in [4.78, 5) is 11.0. The predicted octanol–water partition coefficient (Wildman–Crippen LogP) is 0.717. The molecule has 0 aromatic rings. The molecule has 0 amide bonds. The summed E-state index contributed by atoms with van der Waals surface area (Å²) >= 11 is 0. The highest BCUT2D eigenvalue weighted by Crippen LogP contribution is 2.13. The number of ketones is 1. The van der Waals surface area contributed by atoms with Gasteiger partial charge in [-0.3, -0.25) is 4.79 Å². The zero-order chi connectivity index (χ0) is 6.69. The lowest BCUT2D eigenvalue weighted by atomic mass is 9.94. The fourth-order valence-electron chi connectivity index (χ4n) is 1.29. The van der Waals surface area contributed by atoms with E-state index in [-0.39, 0.29) is 6.04 Å². The Bertz CT molecular complexity index is 111. The molecule has 2 heteroatoms. The van der Waals surface area contributed by atoms with Gasteiger partial charge in [-0.1, -0.05) is 6.42 Å². The first-order chi connectivity index (χ1) is 4.34. The van der Waals surface area contributed by atoms with Crippen molar-refractivity contribution >= 4 is 5.78 Å². The standard InChI is InChI=1S/C7H13NO/c1-8-6-4-2-3-5-7(6)9/h6,8H,2-5H2,1H3/t6-/m1/s1. The van der Waals surface area contributed by atoms with E-state index in [1.165, 1.54) is 6.42 Å². The molecule has 1 N–H and O–H groups in total. The Balaban J connectivity index is 2.39. The van der Waals surface area contributed by atoms with Crippen molar-refractivity contribution in [1.29, 1.82) is 0 Å². The number of Topliss-reactive ketones (excluding diaryl/α,β-unsaturated/α-hetero) is 1. The minimum absolute atomic E-state index is 0.166. The fraction of sp³-hybridized carbons (Fsp3) is 0.857. The van der Waals surface area contributed by atoms with Crippen LogP contribution in [0.1, 0.15) is 25.7 Å². The lowest BCUT2D eigenvalue weighted by molar-refractivity contribution is -0.122. The van der Waals surface area contributed by atoms with Crippen LogP contribution < -0.4 is 5.32 Å². The molecule has 0 aromatic heterocycles. The molecule has 52 valence electrons. The van der Waals surface area contributed by atoms with Gasteiger partial charge in [-0.2, -0.15) is 0 Å². The summed E-state index contributed by atoms with van der Waals surface area (Å²) in [5, 5.41) is 3.00. The van der Waals surface area contributed by atoms with Crippen molar-refractivity contribution in [3.05, 3.63) is 0 Å². The molecule has 0 unspecified atom stereocenters. The maximum atomic E-state index is 11.0. The van der Waals surface area contributed by atoms with Gasteiger partial charge in [0.2, 0.25) is 0 Å². The zero-order valence-electron chi connectivity index (χ0n) is 5.81. The molecule has 2 nitrogen and oxygen atoms in total. The van der Waals surface area contributed by atoms with E-state index >= 15 is 0 Å². The van der Waals surface area contributed by atoms with E-state index < -0.39 is 0 Å². The fourth-order valence-corrected chi connectivity index (χ4v) is 1.29. The van der Waals surface area contributed by atoms with Crippen molar-refractivity contribution in [2.75, 3.05) is 7.05 Å². The molecule has 0 saturated heterocycles. The predicted molar refractivity (Wildman–Crippen MR) is 36.3 cm³/mol. The third-order valence-electron chi connectivity index (χ3n) is 1.90. The lowest BCUT2D eigenvalue weighted by Gasteiger charge is -2.18. The smallest absolute Gasteiger partial charge is 0.149 e. The Morgan fingerprint density at radius 1 is 1.56 bits per heavy atom. The van der Waals surface area contributed by atoms with E-state index in [9.17, 15) is 4.79 Å². The summed E-state index contributed by atoms with van der Waals surface area (Å²) < 4.78 is 0. The van der Waals surface area contributed by atoms with Gasteiger partial charge in [-0.05, 0) is 19.9 Å². The van der Waals surface area contributed by atoms with Crippen molar-refractivity contribution < 1.29 is 4.79 Å². The average Bonchev–Trinajstić information content (AvgIpc) is 1.89. The molecule has 1 saturated carbocycles. The number of rotatable bonds is 1. The average molecular weight is 127 g/mol. The Hall–Kier alpha value is -0.370. The van der Waals surface area contributed by atoms with E-state index in [4.69, 9.17) is 0 Å². The van der Waals surface area contributed by atoms with Crippen molar-refractivity contribution in [1.82, 2.24) is 5.32 Å². The van der Waals surface area contributed by atoms with Gasteiger partial charge < -0.3 is 5.32 Å². The molecule has 0 heterocycles. The molecule has 1 aliphatic carbocycles. The quantitative estimate of drug-likeness (QED) is 0.562. The van der Waals surface area contributed by atoms with Crippen molar-refractivity contribution in [3.8, 4) is 0 Å². The van der Waals surface area contributed by atoms with Gasteiger partial charge in [0.05, 0.1) is 6.04 Å². The van der Waals surface area contributed by atoms with Gasteiger partial charge in [0.1, 0.15) is 5.78 Å². The second kappa shape index (κ2) is 2.97. The van der Waals surface area contributed by atoms with Gasteiger partial charge in [0.15, 0.2) is 0 Å². The highest BCUT2D eigenvalue weighted by molar-refractivity contribution is 5.84. The number of likely N-dealkylation sites (N-methyl/N-ethyl adjacent to an activating group) is 1. The van der Waals surface area contributed by atoms with E-state index in [2.05, 4.69) is 5.32 Å². The summed E-state index contributed by atoms with van der Waals surface area (Å²) in [5.41, 5.74) is 0. The van der Waals surface area contributed by atoms with Crippen LogP contribution in [0.25, 0.3) is 0 Å². The van der Waals surface area contributed by atoms with Crippen molar-refractivity contribution in [2.24, 2.45) is 0 Å². The van der Waals surface area contributed by atoms with Gasteiger partial charge in [0.25, 0.3) is 0 Å². The third kappa shape index (κ3) is 1.52. The molecule has 0 radical (unpaired) electrons. The number of hydrogen-bond donors (Lipinski definition) is 1. The van der Waals surface area contributed by atoms with Gasteiger partial charge in [0, 0.05) is 6.42 Å². The number of carbonyl (C=O) groups excluding carboxylic acids is 1. The number of hydrogen-bond acceptors (Lipinski definition) is 2. The Morgan fingerprint density at radius 2 is 2.33 bits per heavy atom. The third-order valence-corrected chi connectivity index (χ3v) is 1.90. The summed E-state index contributed by atoms with van der Waals surface area (Å²) in [5.74, 6) is 0.392. The minimum atomic E-state index is 0.166. The Kier molecular flexibility index (Phi) is 2.22. The summed E-state index contributed by atoms with van der Waals surface area (Å²) in [6.45, 7) is 0. The Labute approximate surface area is 55.6 Å². The van der Waals surface area contributed by atoms with Crippen LogP contribution in [-0.4, -0.2) is 18.9 Å². The first-order valence-electron chi connectivity index (χ1n) is 3.54. The molecule has 0 spiro atoms. The maximum Gasteiger partial charge on any atom is 0.149 e. The first-order valence-corrected chi connectivity index (χ1v) is 3.54. The highest BCUT2D eigenvalue weighted by Gasteiger charge is 2.19. The van der Waals surface area contributed by atoms with E-state index in [1.54, 1.807) is 0 Å². The summed E-state index contributed by atoms with van der Waals surface area (Å²) in [6.07, 6.45) is 4.12. The van der Waals surface area contributed by atoms with Crippen molar-refractivity contribution in [3.63, 3.8) is 0 Å². The van der Waals surface area contributed by atoms with E-state index in [0.717, 1.165) is 19.3 Å². The summed E-state index contributed by atoms with van der Waals surface area (Å²) in [7, 11) is 1.86. The van der Waals surface area contributed by atoms with Crippen LogP contribution in [0.2, 0.25) is 0 Å². The van der Waals surface area contributed by atoms with E-state index in [0.29, 0.717) is 5.78 Å². The van der Waals surface area contributed by atoms with Crippen LogP contribution in [0.15, 0.2) is 0 Å². The topological polar surface area (TPSA) is 29.1 Å². The number of carbonyl (C=O) groups is 1. The van der Waals surface area contributed by atoms with Crippen LogP contribution >= 0.6 is 0 Å². The molecule has 0 bridgehead atoms. The lowest BCUT2D eigenvalue weighted by Crippen LogP contribution is -2.36. The second-order valence-electron chi connectivity index (χ2n) is 2.55. The number of nitrogens with one attached hydrogen (secondary N) is 1. The second-order valence-corrected chi connectivity index (χ2v) is 2.55. The van der Waals surface area contributed by atoms with Crippen LogP contribution in [-0.2, 0) is 4.79 Å². The van der Waals surface area contributed by atoms with Gasteiger partial charge in [-0.15, -0.1) is 0 Å². The first kappa shape index (κ1) is 6.75. The maximum absolute atomic E-state index is 11.0. The van der Waals surface area contributed by atoms with Crippen molar-refractivity contribution in [2.45, 2.75) is 31.7 Å². The van der Waals surface area contributed by atoms with Crippen LogP contribution in [0.3, 0.4) is 0 Å². The molecule has 1 aliphatic rings. The Morgan fingerprint density at radius 3 is 2.78 bits per heavy atom. The monoisotopic (exact) mass is 127 g/mol. The molecule has 0 aliphatic heterocycles. The molecule has 0 aromatic carbocycles. The normalized spacial score (nSPS) is 28.6. The molecule has 1 atom stereocenters. The van der Waals surface area contributed by atoms with Gasteiger partial charge in [-0.25, -0.2) is 0 Å². The van der Waals surface area contributed by atoms with Crippen LogP contribution in [0, 0.1) is 0 Å². The molecular formula is C7H13NO. The zero-order valence-corrected chi connectivity index (χ0v) is 5.81. The molecule has 1 rings (SSSR count). The van der Waals surface area contributed by atoms with E-state index in [1.807, 2.05) is 7.05 Å².